The summed E-state index contributed by atoms with van der Waals surface area (Å²) in [5.41, 5.74) is 8.16. The summed E-state index contributed by atoms with van der Waals surface area (Å²) in [4.78, 5) is 26.4. The van der Waals surface area contributed by atoms with Gasteiger partial charge in [0.05, 0.1) is 13.0 Å². The summed E-state index contributed by atoms with van der Waals surface area (Å²) >= 11 is 0. The topological polar surface area (TPSA) is 72.6 Å². The zero-order valence-corrected chi connectivity index (χ0v) is 12.3. The molecule has 2 aliphatic rings. The van der Waals surface area contributed by atoms with E-state index in [2.05, 4.69) is 4.90 Å². The van der Waals surface area contributed by atoms with Crippen molar-refractivity contribution in [2.45, 2.75) is 24.8 Å². The first-order valence-corrected chi connectivity index (χ1v) is 7.22. The smallest absolute Gasteiger partial charge is 0.309 e. The van der Waals surface area contributed by atoms with Crippen LogP contribution in [0.4, 0.5) is 5.69 Å². The molecule has 0 amide bonds. The Morgan fingerprint density at radius 1 is 1.43 bits per heavy atom. The highest BCUT2D eigenvalue weighted by atomic mass is 16.5. The molecule has 3 rings (SSSR count). The number of methoxy groups -OCH3 is 1. The molecule has 1 aliphatic heterocycles. The van der Waals surface area contributed by atoms with E-state index < -0.39 is 0 Å². The predicted octanol–water partition coefficient (Wildman–Crippen LogP) is 1.43. The second-order valence-electron chi connectivity index (χ2n) is 6.01. The lowest BCUT2D eigenvalue weighted by Gasteiger charge is -2.45. The summed E-state index contributed by atoms with van der Waals surface area (Å²) in [6.07, 6.45) is 1.18. The van der Waals surface area contributed by atoms with Crippen LogP contribution < -0.4 is 5.73 Å². The molecule has 1 aromatic carbocycles. The van der Waals surface area contributed by atoms with Crippen molar-refractivity contribution in [3.8, 4) is 0 Å². The van der Waals surface area contributed by atoms with Gasteiger partial charge < -0.3 is 15.4 Å². The lowest BCUT2D eigenvalue weighted by Crippen LogP contribution is -2.50. The van der Waals surface area contributed by atoms with Crippen molar-refractivity contribution in [1.82, 2.24) is 4.90 Å². The van der Waals surface area contributed by atoms with Gasteiger partial charge in [-0.25, -0.2) is 0 Å². The molecule has 1 heterocycles. The van der Waals surface area contributed by atoms with E-state index in [9.17, 15) is 9.59 Å². The van der Waals surface area contributed by atoms with E-state index >= 15 is 0 Å². The van der Waals surface area contributed by atoms with Crippen LogP contribution in [0.3, 0.4) is 0 Å². The van der Waals surface area contributed by atoms with Crippen LogP contribution in [0, 0.1) is 5.92 Å². The second-order valence-corrected chi connectivity index (χ2v) is 6.01. The highest BCUT2D eigenvalue weighted by Gasteiger charge is 2.43. The first-order chi connectivity index (χ1) is 10.0. The number of nitrogens with zero attached hydrogens (tertiary/aromatic N) is 1. The van der Waals surface area contributed by atoms with Crippen molar-refractivity contribution in [2.24, 2.45) is 5.92 Å². The van der Waals surface area contributed by atoms with Crippen molar-refractivity contribution in [3.63, 3.8) is 0 Å². The van der Waals surface area contributed by atoms with Gasteiger partial charge in [0.15, 0.2) is 5.78 Å². The normalized spacial score (nSPS) is 28.7. The van der Waals surface area contributed by atoms with Gasteiger partial charge in [0.25, 0.3) is 0 Å². The number of carbonyl (C=O) groups is 2. The summed E-state index contributed by atoms with van der Waals surface area (Å²) in [5, 5.41) is 0. The molecule has 0 bridgehead atoms. The molecule has 0 spiro atoms. The van der Waals surface area contributed by atoms with Gasteiger partial charge in [-0.2, -0.15) is 0 Å². The standard InChI is InChI=1S/C16H20N2O3/c1-18-8-9(16(20)21-2)6-11-10-4-3-5-12(17)15(10)14(19)7-13(11)18/h3-5,9,11,13H,6-8,17H2,1-2H3. The largest absolute Gasteiger partial charge is 0.469 e. The zero-order chi connectivity index (χ0) is 15.1. The molecular weight excluding hydrogens is 268 g/mol. The molecule has 0 saturated carbocycles. The number of hydrogen-bond acceptors (Lipinski definition) is 5. The highest BCUT2D eigenvalue weighted by molar-refractivity contribution is 6.04. The van der Waals surface area contributed by atoms with Crippen molar-refractivity contribution in [2.75, 3.05) is 26.4 Å². The number of benzene rings is 1. The number of anilines is 1. The minimum Gasteiger partial charge on any atom is -0.469 e. The van der Waals surface area contributed by atoms with Crippen molar-refractivity contribution >= 4 is 17.4 Å². The molecule has 1 aliphatic carbocycles. The Labute approximate surface area is 124 Å². The average molecular weight is 288 g/mol. The first-order valence-electron chi connectivity index (χ1n) is 7.22. The van der Waals surface area contributed by atoms with E-state index in [1.165, 1.54) is 7.11 Å². The number of rotatable bonds is 1. The first kappa shape index (κ1) is 14.1. The number of hydrogen-bond donors (Lipinski definition) is 1. The van der Waals surface area contributed by atoms with E-state index in [-0.39, 0.29) is 29.6 Å². The maximum absolute atomic E-state index is 12.4. The van der Waals surface area contributed by atoms with Crippen LogP contribution in [-0.2, 0) is 9.53 Å². The Kier molecular flexibility index (Phi) is 3.45. The molecule has 1 saturated heterocycles. The number of Topliss-reactive ketones (excluding diaryl/α,β-unsaturated/α-hetero) is 1. The van der Waals surface area contributed by atoms with E-state index in [0.717, 1.165) is 5.56 Å². The van der Waals surface area contributed by atoms with Gasteiger partial charge in [-0.1, -0.05) is 12.1 Å². The third-order valence-corrected chi connectivity index (χ3v) is 4.81. The molecule has 2 N–H and O–H groups in total. The van der Waals surface area contributed by atoms with Gasteiger partial charge >= 0.3 is 5.97 Å². The maximum atomic E-state index is 12.4. The summed E-state index contributed by atoms with van der Waals surface area (Å²) < 4.78 is 4.89. The Hall–Kier alpha value is -1.88. The quantitative estimate of drug-likeness (QED) is 0.625. The number of ketones is 1. The minimum atomic E-state index is -0.178. The molecule has 5 nitrogen and oxygen atoms in total. The highest BCUT2D eigenvalue weighted by Crippen LogP contribution is 2.43. The van der Waals surface area contributed by atoms with Gasteiger partial charge in [-0.3, -0.25) is 9.59 Å². The van der Waals surface area contributed by atoms with Crippen molar-refractivity contribution < 1.29 is 14.3 Å². The van der Waals surface area contributed by atoms with E-state index in [4.69, 9.17) is 10.5 Å². The van der Waals surface area contributed by atoms with Crippen molar-refractivity contribution in [1.29, 1.82) is 0 Å². The molecule has 112 valence electrons. The molecule has 1 fully saturated rings. The van der Waals surface area contributed by atoms with Gasteiger partial charge in [0.1, 0.15) is 0 Å². The number of esters is 1. The number of nitrogens with two attached hydrogens (primary N) is 1. The number of fused-ring (bicyclic) bond motifs is 3. The summed E-state index contributed by atoms with van der Waals surface area (Å²) in [7, 11) is 3.39. The molecule has 3 unspecified atom stereocenters. The number of likely N-dealkylation sites (N-methyl/N-ethyl adjacent to an activating group) is 1. The lowest BCUT2D eigenvalue weighted by molar-refractivity contribution is -0.148. The van der Waals surface area contributed by atoms with Crippen molar-refractivity contribution in [3.05, 3.63) is 29.3 Å². The minimum absolute atomic E-state index is 0.104. The predicted molar refractivity (Wildman–Crippen MR) is 79.1 cm³/mol. The Balaban J connectivity index is 2.01. The lowest BCUT2D eigenvalue weighted by atomic mass is 9.71. The number of ether oxygens (including phenoxy) is 1. The molecule has 0 aromatic heterocycles. The number of likely N-dealkylation sites (tertiary alicyclic amines) is 1. The molecule has 0 radical (unpaired) electrons. The van der Waals surface area contributed by atoms with Crippen LogP contribution >= 0.6 is 0 Å². The SMILES string of the molecule is COC(=O)C1CC2c3cccc(N)c3C(=O)CC2N(C)C1. The average Bonchev–Trinajstić information content (AvgIpc) is 2.47. The zero-order valence-electron chi connectivity index (χ0n) is 12.3. The fourth-order valence-corrected chi connectivity index (χ4v) is 3.81. The van der Waals surface area contributed by atoms with Crippen LogP contribution in [-0.4, -0.2) is 43.4 Å². The summed E-state index contributed by atoms with van der Waals surface area (Å²) in [6, 6.07) is 5.76. The third-order valence-electron chi connectivity index (χ3n) is 4.81. The van der Waals surface area contributed by atoms with Gasteiger partial charge in [-0.15, -0.1) is 0 Å². The van der Waals surface area contributed by atoms with Crippen LogP contribution in [0.2, 0.25) is 0 Å². The maximum Gasteiger partial charge on any atom is 0.309 e. The molecule has 21 heavy (non-hydrogen) atoms. The van der Waals surface area contributed by atoms with Crippen LogP contribution in [0.1, 0.15) is 34.7 Å². The second kappa shape index (κ2) is 5.15. The number of carbonyl (C=O) groups excluding carboxylic acids is 2. The Morgan fingerprint density at radius 2 is 2.19 bits per heavy atom. The fraction of sp³-hybridized carbons (Fsp3) is 0.500. The summed E-state index contributed by atoms with van der Waals surface area (Å²) in [6.45, 7) is 0.638. The monoisotopic (exact) mass is 288 g/mol. The molecule has 3 atom stereocenters. The molecule has 1 aromatic rings. The van der Waals surface area contributed by atoms with E-state index in [1.54, 1.807) is 6.07 Å². The van der Waals surface area contributed by atoms with Crippen LogP contribution in [0.15, 0.2) is 18.2 Å². The van der Waals surface area contributed by atoms with Gasteiger partial charge in [0, 0.05) is 36.2 Å². The Morgan fingerprint density at radius 3 is 2.90 bits per heavy atom. The molecule has 5 heteroatoms. The summed E-state index contributed by atoms with van der Waals surface area (Å²) in [5.74, 6) is -0.0665. The van der Waals surface area contributed by atoms with Gasteiger partial charge in [-0.05, 0) is 25.1 Å². The number of piperidine rings is 1. The third kappa shape index (κ3) is 2.21. The Bertz CT molecular complexity index is 599. The molecular formula is C16H20N2O3. The van der Waals surface area contributed by atoms with Gasteiger partial charge in [0.2, 0.25) is 0 Å². The number of nitrogen functional groups attached to an aromatic ring is 1. The van der Waals surface area contributed by atoms with Crippen LogP contribution in [0.25, 0.3) is 0 Å². The van der Waals surface area contributed by atoms with E-state index in [0.29, 0.717) is 30.6 Å². The fourth-order valence-electron chi connectivity index (χ4n) is 3.81. The van der Waals surface area contributed by atoms with Crippen LogP contribution in [0.5, 0.6) is 0 Å². The van der Waals surface area contributed by atoms with E-state index in [1.807, 2.05) is 19.2 Å².